The summed E-state index contributed by atoms with van der Waals surface area (Å²) < 4.78 is 5.86. The summed E-state index contributed by atoms with van der Waals surface area (Å²) in [6.45, 7) is 0. The van der Waals surface area contributed by atoms with Gasteiger partial charge in [0.1, 0.15) is 11.2 Å². The summed E-state index contributed by atoms with van der Waals surface area (Å²) in [6.07, 6.45) is 0. The topological polar surface area (TPSA) is 13.1 Å². The smallest absolute Gasteiger partial charge is 0.135 e. The second-order valence-corrected chi connectivity index (χ2v) is 6.47. The molecular formula is C17H11BrOS. The van der Waals surface area contributed by atoms with Gasteiger partial charge in [-0.05, 0) is 46.2 Å². The summed E-state index contributed by atoms with van der Waals surface area (Å²) >= 11 is 5.51. The number of alkyl halides is 1. The Balaban J connectivity index is 1.91. The van der Waals surface area contributed by atoms with Crippen molar-refractivity contribution in [3.63, 3.8) is 0 Å². The van der Waals surface area contributed by atoms with Crippen LogP contribution in [0, 0.1) is 0 Å². The maximum absolute atomic E-state index is 5.86. The highest BCUT2D eigenvalue weighted by Gasteiger charge is 2.13. The quantitative estimate of drug-likeness (QED) is 0.399. The summed E-state index contributed by atoms with van der Waals surface area (Å²) in [5.41, 5.74) is 4.44. The van der Waals surface area contributed by atoms with E-state index in [0.717, 1.165) is 11.2 Å². The van der Waals surface area contributed by atoms with Crippen molar-refractivity contribution in [1.29, 1.82) is 0 Å². The molecule has 2 aromatic carbocycles. The van der Waals surface area contributed by atoms with E-state index in [9.17, 15) is 0 Å². The number of hydrogen-bond acceptors (Lipinski definition) is 2. The van der Waals surface area contributed by atoms with Crippen LogP contribution in [0.3, 0.4) is 0 Å². The van der Waals surface area contributed by atoms with Gasteiger partial charge in [-0.3, -0.25) is 0 Å². The first-order valence-corrected chi connectivity index (χ1v) is 8.26. The maximum Gasteiger partial charge on any atom is 0.135 e. The van der Waals surface area contributed by atoms with Crippen LogP contribution in [0.4, 0.5) is 0 Å². The van der Waals surface area contributed by atoms with Gasteiger partial charge >= 0.3 is 0 Å². The molecule has 2 aromatic heterocycles. The number of para-hydroxylation sites is 1. The lowest BCUT2D eigenvalue weighted by atomic mass is 10.0. The van der Waals surface area contributed by atoms with Gasteiger partial charge in [0.25, 0.3) is 0 Å². The van der Waals surface area contributed by atoms with E-state index >= 15 is 0 Å². The maximum atomic E-state index is 5.86. The van der Waals surface area contributed by atoms with Gasteiger partial charge < -0.3 is 4.42 Å². The molecule has 1 nitrogen and oxygen atoms in total. The largest absolute Gasteiger partial charge is 0.456 e. The first kappa shape index (κ1) is 12.2. The molecular weight excluding hydrogens is 332 g/mol. The van der Waals surface area contributed by atoms with Crippen LogP contribution in [0.15, 0.2) is 63.7 Å². The van der Waals surface area contributed by atoms with Crippen molar-refractivity contribution in [2.75, 3.05) is 0 Å². The van der Waals surface area contributed by atoms with Crippen LogP contribution in [0.1, 0.15) is 16.0 Å². The number of thiophene rings is 1. The Labute approximate surface area is 129 Å². The molecule has 0 saturated heterocycles. The molecule has 1 atom stereocenters. The van der Waals surface area contributed by atoms with Crippen LogP contribution in [0.2, 0.25) is 0 Å². The van der Waals surface area contributed by atoms with Crippen molar-refractivity contribution in [2.45, 2.75) is 4.83 Å². The molecule has 0 aliphatic heterocycles. The molecule has 0 aliphatic carbocycles. The molecule has 3 heteroatoms. The molecule has 20 heavy (non-hydrogen) atoms. The Bertz CT molecular complexity index is 876. The van der Waals surface area contributed by atoms with E-state index < -0.39 is 0 Å². The third kappa shape index (κ3) is 1.89. The lowest BCUT2D eigenvalue weighted by Crippen LogP contribution is -1.89. The van der Waals surface area contributed by atoms with Crippen LogP contribution in [0.5, 0.6) is 0 Å². The standard InChI is InChI=1S/C17H11BrOS/c18-17(12-7-8-20-10-12)11-5-6-16-14(9-11)13-3-1-2-4-15(13)19-16/h1-10,17H. The van der Waals surface area contributed by atoms with Crippen molar-refractivity contribution in [1.82, 2.24) is 0 Å². The van der Waals surface area contributed by atoms with E-state index in [4.69, 9.17) is 4.42 Å². The second-order valence-electron chi connectivity index (χ2n) is 4.77. The molecule has 0 aliphatic rings. The van der Waals surface area contributed by atoms with E-state index in [1.165, 1.54) is 21.9 Å². The zero-order chi connectivity index (χ0) is 13.5. The van der Waals surface area contributed by atoms with E-state index in [0.29, 0.717) is 0 Å². The molecule has 4 rings (SSSR count). The highest BCUT2D eigenvalue weighted by molar-refractivity contribution is 9.09. The third-order valence-electron chi connectivity index (χ3n) is 3.53. The Morgan fingerprint density at radius 2 is 1.75 bits per heavy atom. The zero-order valence-electron chi connectivity index (χ0n) is 10.5. The van der Waals surface area contributed by atoms with Crippen molar-refractivity contribution in [2.24, 2.45) is 0 Å². The number of rotatable bonds is 2. The van der Waals surface area contributed by atoms with Crippen LogP contribution in [-0.4, -0.2) is 0 Å². The summed E-state index contributed by atoms with van der Waals surface area (Å²) in [6, 6.07) is 16.7. The molecule has 0 N–H and O–H groups in total. The van der Waals surface area contributed by atoms with Gasteiger partial charge in [0, 0.05) is 10.8 Å². The molecule has 0 radical (unpaired) electrons. The average Bonchev–Trinajstić information content (AvgIpc) is 3.13. The zero-order valence-corrected chi connectivity index (χ0v) is 12.9. The molecule has 0 saturated carbocycles. The number of hydrogen-bond donors (Lipinski definition) is 0. The molecule has 4 aromatic rings. The summed E-state index contributed by atoms with van der Waals surface area (Å²) in [5.74, 6) is 0. The lowest BCUT2D eigenvalue weighted by molar-refractivity contribution is 0.669. The minimum Gasteiger partial charge on any atom is -0.456 e. The fourth-order valence-electron chi connectivity index (χ4n) is 2.51. The predicted octanol–water partition coefficient (Wildman–Crippen LogP) is 6.13. The molecule has 0 fully saturated rings. The highest BCUT2D eigenvalue weighted by atomic mass is 79.9. The predicted molar refractivity (Wildman–Crippen MR) is 88.8 cm³/mol. The molecule has 2 heterocycles. The van der Waals surface area contributed by atoms with Gasteiger partial charge in [-0.25, -0.2) is 0 Å². The van der Waals surface area contributed by atoms with Crippen LogP contribution >= 0.6 is 27.3 Å². The SMILES string of the molecule is BrC(c1ccsc1)c1ccc2oc3ccccc3c2c1. The summed E-state index contributed by atoms with van der Waals surface area (Å²) in [4.78, 5) is 0.229. The Hall–Kier alpha value is -1.58. The van der Waals surface area contributed by atoms with Crippen LogP contribution in [-0.2, 0) is 0 Å². The summed E-state index contributed by atoms with van der Waals surface area (Å²) in [7, 11) is 0. The first-order chi connectivity index (χ1) is 9.83. The third-order valence-corrected chi connectivity index (χ3v) is 5.29. The van der Waals surface area contributed by atoms with Crippen LogP contribution in [0.25, 0.3) is 21.9 Å². The minimum absolute atomic E-state index is 0.229. The molecule has 98 valence electrons. The average molecular weight is 343 g/mol. The molecule has 0 bridgehead atoms. The van der Waals surface area contributed by atoms with Crippen molar-refractivity contribution in [3.8, 4) is 0 Å². The van der Waals surface area contributed by atoms with Crippen molar-refractivity contribution in [3.05, 3.63) is 70.4 Å². The Kier molecular flexibility index (Phi) is 2.90. The van der Waals surface area contributed by atoms with Gasteiger partial charge in [-0.1, -0.05) is 40.2 Å². The minimum atomic E-state index is 0.229. The van der Waals surface area contributed by atoms with E-state index in [1.54, 1.807) is 11.3 Å². The van der Waals surface area contributed by atoms with Gasteiger partial charge in [0.15, 0.2) is 0 Å². The fourth-order valence-corrected chi connectivity index (χ4v) is 3.94. The Morgan fingerprint density at radius 1 is 0.900 bits per heavy atom. The second kappa shape index (κ2) is 4.76. The normalized spacial score (nSPS) is 13.1. The number of fused-ring (bicyclic) bond motifs is 3. The summed E-state index contributed by atoms with van der Waals surface area (Å²) in [5, 5.41) is 6.64. The number of benzene rings is 2. The van der Waals surface area contributed by atoms with Crippen molar-refractivity contribution < 1.29 is 4.42 Å². The fraction of sp³-hybridized carbons (Fsp3) is 0.0588. The first-order valence-electron chi connectivity index (χ1n) is 6.40. The van der Waals surface area contributed by atoms with Crippen molar-refractivity contribution >= 4 is 49.2 Å². The molecule has 1 unspecified atom stereocenters. The van der Waals surface area contributed by atoms with Gasteiger partial charge in [0.2, 0.25) is 0 Å². The molecule has 0 spiro atoms. The Morgan fingerprint density at radius 3 is 2.60 bits per heavy atom. The number of halogens is 1. The number of furan rings is 1. The molecule has 0 amide bonds. The van der Waals surface area contributed by atoms with E-state index in [-0.39, 0.29) is 4.83 Å². The lowest BCUT2D eigenvalue weighted by Gasteiger charge is -2.08. The van der Waals surface area contributed by atoms with Gasteiger partial charge in [-0.15, -0.1) is 0 Å². The monoisotopic (exact) mass is 342 g/mol. The van der Waals surface area contributed by atoms with E-state index in [2.05, 4.69) is 63.1 Å². The van der Waals surface area contributed by atoms with E-state index in [1.807, 2.05) is 12.1 Å². The van der Waals surface area contributed by atoms with Gasteiger partial charge in [-0.2, -0.15) is 11.3 Å². The van der Waals surface area contributed by atoms with Gasteiger partial charge in [0.05, 0.1) is 4.83 Å². The highest BCUT2D eigenvalue weighted by Crippen LogP contribution is 2.36. The van der Waals surface area contributed by atoms with Crippen LogP contribution < -0.4 is 0 Å².